The molecule has 3 nitrogen and oxygen atoms in total. The largest absolute Gasteiger partial charge is 0.313 e. The monoisotopic (exact) mass is 241 g/mol. The van der Waals surface area contributed by atoms with Gasteiger partial charge >= 0.3 is 0 Å². The van der Waals surface area contributed by atoms with Crippen LogP contribution in [-0.2, 0) is 9.84 Å². The molecule has 0 heterocycles. The number of sulfone groups is 1. The van der Waals surface area contributed by atoms with Crippen molar-refractivity contribution < 1.29 is 8.42 Å². The Hall–Kier alpha value is 0.200. The third kappa shape index (κ3) is 7.59. The lowest BCUT2D eigenvalue weighted by Gasteiger charge is -2.14. The first-order valence-corrected chi connectivity index (χ1v) is 7.21. The third-order valence-electron chi connectivity index (χ3n) is 2.02. The molecular formula is C9H20ClNO2S. The van der Waals surface area contributed by atoms with E-state index < -0.39 is 9.84 Å². The lowest BCUT2D eigenvalue weighted by Crippen LogP contribution is -2.32. The van der Waals surface area contributed by atoms with Crippen LogP contribution in [0.25, 0.3) is 0 Å². The van der Waals surface area contributed by atoms with Crippen LogP contribution in [0.2, 0.25) is 0 Å². The Bertz CT molecular complexity index is 239. The average Bonchev–Trinajstić information content (AvgIpc) is 2.02. The van der Waals surface area contributed by atoms with Crippen molar-refractivity contribution >= 4 is 21.4 Å². The number of hydrogen-bond acceptors (Lipinski definition) is 3. The van der Waals surface area contributed by atoms with Crippen LogP contribution in [-0.4, -0.2) is 37.9 Å². The van der Waals surface area contributed by atoms with Gasteiger partial charge < -0.3 is 5.32 Å². The second-order valence-electron chi connectivity index (χ2n) is 3.61. The topological polar surface area (TPSA) is 46.2 Å². The van der Waals surface area contributed by atoms with E-state index in [-0.39, 0.29) is 22.9 Å². The predicted molar refractivity (Wildman–Crippen MR) is 61.7 cm³/mol. The number of halogens is 1. The van der Waals surface area contributed by atoms with Gasteiger partial charge in [0.15, 0.2) is 9.84 Å². The summed E-state index contributed by atoms with van der Waals surface area (Å²) in [4.78, 5) is 0. The summed E-state index contributed by atoms with van der Waals surface area (Å²) in [6.07, 6.45) is 0.855. The molecule has 2 unspecified atom stereocenters. The molecule has 2 atom stereocenters. The molecular weight excluding hydrogens is 222 g/mol. The molecule has 5 heteroatoms. The number of rotatable bonds is 7. The van der Waals surface area contributed by atoms with Gasteiger partial charge in [-0.3, -0.25) is 0 Å². The quantitative estimate of drug-likeness (QED) is 0.686. The van der Waals surface area contributed by atoms with Crippen LogP contribution in [0.5, 0.6) is 0 Å². The predicted octanol–water partition coefficient (Wildman–Crippen LogP) is 1.42. The van der Waals surface area contributed by atoms with Crippen LogP contribution in [0.3, 0.4) is 0 Å². The fourth-order valence-electron chi connectivity index (χ4n) is 1.18. The maximum atomic E-state index is 11.1. The van der Waals surface area contributed by atoms with E-state index in [4.69, 9.17) is 11.6 Å². The van der Waals surface area contributed by atoms with Crippen LogP contribution < -0.4 is 5.32 Å². The minimum Gasteiger partial charge on any atom is -0.313 e. The van der Waals surface area contributed by atoms with Gasteiger partial charge in [0, 0.05) is 23.7 Å². The van der Waals surface area contributed by atoms with Crippen LogP contribution >= 0.6 is 11.6 Å². The van der Waals surface area contributed by atoms with Crippen molar-refractivity contribution in [2.75, 3.05) is 18.1 Å². The lowest BCUT2D eigenvalue weighted by molar-refractivity contribution is 0.523. The number of alkyl halides is 1. The van der Waals surface area contributed by atoms with Gasteiger partial charge in [-0.05, 0) is 20.3 Å². The summed E-state index contributed by atoms with van der Waals surface area (Å²) in [6.45, 7) is 6.13. The van der Waals surface area contributed by atoms with Crippen molar-refractivity contribution in [2.45, 2.75) is 38.6 Å². The molecule has 0 radical (unpaired) electrons. The van der Waals surface area contributed by atoms with Gasteiger partial charge in [-0.1, -0.05) is 6.92 Å². The summed E-state index contributed by atoms with van der Waals surface area (Å²) in [7, 11) is -2.84. The number of nitrogens with one attached hydrogen (secondary N) is 1. The van der Waals surface area contributed by atoms with E-state index in [9.17, 15) is 8.42 Å². The summed E-state index contributed by atoms with van der Waals surface area (Å²) < 4.78 is 22.3. The van der Waals surface area contributed by atoms with Gasteiger partial charge in [0.05, 0.1) is 5.75 Å². The van der Waals surface area contributed by atoms with E-state index in [1.807, 2.05) is 13.8 Å². The molecule has 86 valence electrons. The van der Waals surface area contributed by atoms with Gasteiger partial charge in [-0.15, -0.1) is 11.6 Å². The van der Waals surface area contributed by atoms with Gasteiger partial charge in [0.25, 0.3) is 0 Å². The zero-order valence-electron chi connectivity index (χ0n) is 9.09. The maximum Gasteiger partial charge on any atom is 0.151 e. The first kappa shape index (κ1) is 14.2. The average molecular weight is 242 g/mol. The summed E-state index contributed by atoms with van der Waals surface area (Å²) in [5, 5.41) is 3.27. The van der Waals surface area contributed by atoms with E-state index in [0.29, 0.717) is 6.54 Å². The first-order valence-electron chi connectivity index (χ1n) is 4.95. The third-order valence-corrected chi connectivity index (χ3v) is 3.91. The molecule has 0 saturated heterocycles. The Balaban J connectivity index is 3.64. The van der Waals surface area contributed by atoms with E-state index in [0.717, 1.165) is 6.42 Å². The molecule has 0 fully saturated rings. The Morgan fingerprint density at radius 2 is 1.93 bits per heavy atom. The second-order valence-corrected chi connectivity index (χ2v) is 6.83. The molecule has 0 rings (SSSR count). The molecule has 0 aromatic heterocycles. The van der Waals surface area contributed by atoms with Crippen molar-refractivity contribution in [3.63, 3.8) is 0 Å². The molecule has 0 aliphatic rings. The SMILES string of the molecule is CCS(=O)(=O)CCNC(C)CC(C)Cl. The molecule has 0 spiro atoms. The molecule has 0 aliphatic heterocycles. The van der Waals surface area contributed by atoms with Gasteiger partial charge in [0.2, 0.25) is 0 Å². The molecule has 0 saturated carbocycles. The van der Waals surface area contributed by atoms with Crippen molar-refractivity contribution in [1.29, 1.82) is 0 Å². The normalized spacial score (nSPS) is 16.6. The summed E-state index contributed by atoms with van der Waals surface area (Å²) in [6, 6.07) is 0.273. The Morgan fingerprint density at radius 3 is 2.36 bits per heavy atom. The fourth-order valence-corrected chi connectivity index (χ4v) is 2.16. The Kier molecular flexibility index (Phi) is 6.74. The highest BCUT2D eigenvalue weighted by Crippen LogP contribution is 2.03. The minimum atomic E-state index is -2.84. The van der Waals surface area contributed by atoms with Crippen LogP contribution in [0.15, 0.2) is 0 Å². The maximum absolute atomic E-state index is 11.1. The highest BCUT2D eigenvalue weighted by atomic mass is 35.5. The van der Waals surface area contributed by atoms with Gasteiger partial charge in [-0.25, -0.2) is 8.42 Å². The second kappa shape index (κ2) is 6.64. The van der Waals surface area contributed by atoms with Crippen LogP contribution in [0.4, 0.5) is 0 Å². The zero-order valence-corrected chi connectivity index (χ0v) is 10.7. The van der Waals surface area contributed by atoms with E-state index in [1.165, 1.54) is 0 Å². The summed E-state index contributed by atoms with van der Waals surface area (Å²) in [5.74, 6) is 0.430. The summed E-state index contributed by atoms with van der Waals surface area (Å²) >= 11 is 5.81. The highest BCUT2D eigenvalue weighted by molar-refractivity contribution is 7.91. The summed E-state index contributed by atoms with van der Waals surface area (Å²) in [5.41, 5.74) is 0. The van der Waals surface area contributed by atoms with Gasteiger partial charge in [0.1, 0.15) is 0 Å². The van der Waals surface area contributed by atoms with Crippen molar-refractivity contribution in [3.05, 3.63) is 0 Å². The van der Waals surface area contributed by atoms with E-state index >= 15 is 0 Å². The molecule has 0 aromatic rings. The van der Waals surface area contributed by atoms with Gasteiger partial charge in [-0.2, -0.15) is 0 Å². The Morgan fingerprint density at radius 1 is 1.36 bits per heavy atom. The smallest absolute Gasteiger partial charge is 0.151 e. The molecule has 0 aliphatic carbocycles. The standard InChI is InChI=1S/C9H20ClNO2S/c1-4-14(12,13)6-5-11-9(3)7-8(2)10/h8-9,11H,4-7H2,1-3H3. The fraction of sp³-hybridized carbons (Fsp3) is 1.00. The van der Waals surface area contributed by atoms with Crippen molar-refractivity contribution in [1.82, 2.24) is 5.32 Å². The molecule has 1 N–H and O–H groups in total. The molecule has 0 amide bonds. The highest BCUT2D eigenvalue weighted by Gasteiger charge is 2.09. The van der Waals surface area contributed by atoms with Crippen LogP contribution in [0.1, 0.15) is 27.2 Å². The van der Waals surface area contributed by atoms with Crippen molar-refractivity contribution in [3.8, 4) is 0 Å². The van der Waals surface area contributed by atoms with E-state index in [2.05, 4.69) is 5.32 Å². The Labute approximate surface area is 92.1 Å². The zero-order chi connectivity index (χ0) is 11.2. The van der Waals surface area contributed by atoms with E-state index in [1.54, 1.807) is 6.92 Å². The van der Waals surface area contributed by atoms with Crippen molar-refractivity contribution in [2.24, 2.45) is 0 Å². The number of hydrogen-bond donors (Lipinski definition) is 1. The lowest BCUT2D eigenvalue weighted by atomic mass is 10.2. The molecule has 14 heavy (non-hydrogen) atoms. The first-order chi connectivity index (χ1) is 6.37. The molecule has 0 aromatic carbocycles. The minimum absolute atomic E-state index is 0.125. The van der Waals surface area contributed by atoms with Crippen LogP contribution in [0, 0.1) is 0 Å². The molecule has 0 bridgehead atoms.